The fraction of sp³-hybridized carbons (Fsp3) is 0.294. The Balaban J connectivity index is 1.81. The van der Waals surface area contributed by atoms with E-state index in [0.717, 1.165) is 18.4 Å². The van der Waals surface area contributed by atoms with Crippen LogP contribution in [-0.2, 0) is 6.42 Å². The van der Waals surface area contributed by atoms with Crippen molar-refractivity contribution in [3.05, 3.63) is 69.7 Å². The molecule has 2 unspecified atom stereocenters. The Morgan fingerprint density at radius 3 is 2.70 bits per heavy atom. The molecule has 0 spiro atoms. The summed E-state index contributed by atoms with van der Waals surface area (Å²) in [4.78, 5) is 0. The number of rotatable bonds is 4. The molecule has 2 aromatic rings. The van der Waals surface area contributed by atoms with Gasteiger partial charge in [-0.15, -0.1) is 0 Å². The summed E-state index contributed by atoms with van der Waals surface area (Å²) in [7, 11) is 0. The van der Waals surface area contributed by atoms with Crippen LogP contribution in [0.4, 0.5) is 0 Å². The minimum absolute atomic E-state index is 0.00821. The molecule has 0 saturated carbocycles. The van der Waals surface area contributed by atoms with Crippen molar-refractivity contribution < 1.29 is 5.11 Å². The van der Waals surface area contributed by atoms with Gasteiger partial charge < -0.3 is 10.4 Å². The molecule has 0 heterocycles. The predicted molar refractivity (Wildman–Crippen MR) is 84.6 cm³/mol. The molecule has 1 aliphatic rings. The highest BCUT2D eigenvalue weighted by Gasteiger charge is 2.26. The van der Waals surface area contributed by atoms with Gasteiger partial charge in [0, 0.05) is 10.5 Å². The fourth-order valence-electron chi connectivity index (χ4n) is 2.97. The highest BCUT2D eigenvalue weighted by atomic mass is 79.9. The van der Waals surface area contributed by atoms with Gasteiger partial charge >= 0.3 is 0 Å². The molecular weight excluding hydrogens is 314 g/mol. The van der Waals surface area contributed by atoms with Crippen LogP contribution < -0.4 is 5.32 Å². The maximum atomic E-state index is 9.67. The van der Waals surface area contributed by atoms with E-state index in [1.54, 1.807) is 0 Å². The van der Waals surface area contributed by atoms with Crippen LogP contribution in [0, 0.1) is 0 Å². The van der Waals surface area contributed by atoms with Crippen LogP contribution >= 0.6 is 15.9 Å². The molecule has 3 rings (SSSR count). The molecule has 104 valence electrons. The third-order valence-corrected chi connectivity index (χ3v) is 4.74. The van der Waals surface area contributed by atoms with Crippen molar-refractivity contribution in [1.82, 2.24) is 5.32 Å². The first-order valence-corrected chi connectivity index (χ1v) is 7.78. The summed E-state index contributed by atoms with van der Waals surface area (Å²) in [6, 6.07) is 16.8. The smallest absolute Gasteiger partial charge is 0.0626 e. The molecule has 0 radical (unpaired) electrons. The number of hydrogen-bond acceptors (Lipinski definition) is 2. The van der Waals surface area contributed by atoms with E-state index in [1.807, 2.05) is 18.2 Å². The zero-order valence-corrected chi connectivity index (χ0v) is 12.8. The summed E-state index contributed by atoms with van der Waals surface area (Å²) in [5.74, 6) is 0. The van der Waals surface area contributed by atoms with Gasteiger partial charge in [-0.25, -0.2) is 0 Å². The van der Waals surface area contributed by atoms with Gasteiger partial charge in [-0.1, -0.05) is 58.4 Å². The van der Waals surface area contributed by atoms with Crippen LogP contribution in [0.3, 0.4) is 0 Å². The number of aliphatic hydroxyl groups excluding tert-OH is 1. The molecule has 2 aromatic carbocycles. The minimum atomic E-state index is -0.00821. The minimum Gasteiger partial charge on any atom is -0.394 e. The van der Waals surface area contributed by atoms with Crippen LogP contribution in [-0.4, -0.2) is 11.7 Å². The molecule has 0 bridgehead atoms. The summed E-state index contributed by atoms with van der Waals surface area (Å²) < 4.78 is 1.19. The molecule has 0 saturated heterocycles. The van der Waals surface area contributed by atoms with Crippen molar-refractivity contribution in [2.24, 2.45) is 0 Å². The van der Waals surface area contributed by atoms with E-state index in [-0.39, 0.29) is 12.6 Å². The molecule has 0 amide bonds. The van der Waals surface area contributed by atoms with E-state index in [0.29, 0.717) is 6.04 Å². The molecule has 20 heavy (non-hydrogen) atoms. The lowest BCUT2D eigenvalue weighted by Crippen LogP contribution is -2.27. The van der Waals surface area contributed by atoms with Gasteiger partial charge in [0.15, 0.2) is 0 Å². The van der Waals surface area contributed by atoms with E-state index < -0.39 is 0 Å². The number of benzene rings is 2. The van der Waals surface area contributed by atoms with Gasteiger partial charge in [-0.05, 0) is 35.6 Å². The monoisotopic (exact) mass is 331 g/mol. The van der Waals surface area contributed by atoms with Crippen LogP contribution in [0.5, 0.6) is 0 Å². The van der Waals surface area contributed by atoms with Gasteiger partial charge in [0.2, 0.25) is 0 Å². The highest BCUT2D eigenvalue weighted by Crippen LogP contribution is 2.36. The summed E-state index contributed by atoms with van der Waals surface area (Å²) in [6.45, 7) is 0.115. The Labute approximate surface area is 128 Å². The lowest BCUT2D eigenvalue weighted by Gasteiger charge is -2.22. The van der Waals surface area contributed by atoms with Gasteiger partial charge in [-0.3, -0.25) is 0 Å². The Bertz CT molecular complexity index is 585. The van der Waals surface area contributed by atoms with Crippen molar-refractivity contribution in [2.75, 3.05) is 6.61 Å². The van der Waals surface area contributed by atoms with Crippen LogP contribution in [0.25, 0.3) is 0 Å². The maximum Gasteiger partial charge on any atom is 0.0626 e. The van der Waals surface area contributed by atoms with E-state index in [9.17, 15) is 5.11 Å². The van der Waals surface area contributed by atoms with Crippen molar-refractivity contribution in [1.29, 1.82) is 0 Å². The standard InChI is InChI=1S/C17H18BrNO/c18-15-8-4-7-14-13(15)9-10-16(14)19-17(11-20)12-5-2-1-3-6-12/h1-8,16-17,19-20H,9-11H2. The van der Waals surface area contributed by atoms with Gasteiger partial charge in [0.1, 0.15) is 0 Å². The van der Waals surface area contributed by atoms with Crippen molar-refractivity contribution in [3.63, 3.8) is 0 Å². The Hall–Kier alpha value is -1.16. The lowest BCUT2D eigenvalue weighted by molar-refractivity contribution is 0.233. The first kappa shape index (κ1) is 13.8. The van der Waals surface area contributed by atoms with E-state index in [4.69, 9.17) is 0 Å². The number of fused-ring (bicyclic) bond motifs is 1. The van der Waals surface area contributed by atoms with Gasteiger partial charge in [0.25, 0.3) is 0 Å². The predicted octanol–water partition coefficient (Wildman–Crippen LogP) is 3.76. The zero-order chi connectivity index (χ0) is 13.9. The van der Waals surface area contributed by atoms with Crippen LogP contribution in [0.2, 0.25) is 0 Å². The quantitative estimate of drug-likeness (QED) is 0.894. The third-order valence-electron chi connectivity index (χ3n) is 4.00. The van der Waals surface area contributed by atoms with Crippen molar-refractivity contribution >= 4 is 15.9 Å². The average Bonchev–Trinajstić information content (AvgIpc) is 2.90. The van der Waals surface area contributed by atoms with Crippen LogP contribution in [0.1, 0.15) is 35.2 Å². The van der Waals surface area contributed by atoms with Gasteiger partial charge in [0.05, 0.1) is 12.6 Å². The summed E-state index contributed by atoms with van der Waals surface area (Å²) in [6.07, 6.45) is 2.17. The number of aliphatic hydroxyl groups is 1. The number of nitrogens with one attached hydrogen (secondary N) is 1. The second kappa shape index (κ2) is 6.08. The second-order valence-electron chi connectivity index (χ2n) is 5.21. The second-order valence-corrected chi connectivity index (χ2v) is 6.07. The SMILES string of the molecule is OCC(NC1CCc2c(Br)cccc21)c1ccccc1. The summed E-state index contributed by atoms with van der Waals surface area (Å²) in [5, 5.41) is 13.3. The van der Waals surface area contributed by atoms with Crippen molar-refractivity contribution in [3.8, 4) is 0 Å². The first-order chi connectivity index (χ1) is 9.79. The molecule has 2 atom stereocenters. The normalized spacial score (nSPS) is 18.8. The first-order valence-electron chi connectivity index (χ1n) is 6.98. The Kier molecular flexibility index (Phi) is 4.20. The molecule has 2 N–H and O–H groups in total. The lowest BCUT2D eigenvalue weighted by atomic mass is 10.0. The molecule has 0 fully saturated rings. The molecule has 0 aromatic heterocycles. The fourth-order valence-corrected chi connectivity index (χ4v) is 3.55. The molecule has 0 aliphatic heterocycles. The molecular formula is C17H18BrNO. The number of hydrogen-bond donors (Lipinski definition) is 2. The summed E-state index contributed by atoms with van der Waals surface area (Å²) >= 11 is 3.63. The number of halogens is 1. The maximum absolute atomic E-state index is 9.67. The highest BCUT2D eigenvalue weighted by molar-refractivity contribution is 9.10. The molecule has 2 nitrogen and oxygen atoms in total. The van der Waals surface area contributed by atoms with Gasteiger partial charge in [-0.2, -0.15) is 0 Å². The Morgan fingerprint density at radius 1 is 1.15 bits per heavy atom. The van der Waals surface area contributed by atoms with E-state index in [1.165, 1.54) is 15.6 Å². The van der Waals surface area contributed by atoms with Crippen molar-refractivity contribution in [2.45, 2.75) is 24.9 Å². The van der Waals surface area contributed by atoms with E-state index in [2.05, 4.69) is 51.6 Å². The summed E-state index contributed by atoms with van der Waals surface area (Å²) in [5.41, 5.74) is 3.89. The Morgan fingerprint density at radius 2 is 1.95 bits per heavy atom. The largest absolute Gasteiger partial charge is 0.394 e. The average molecular weight is 332 g/mol. The molecule has 1 aliphatic carbocycles. The van der Waals surface area contributed by atoms with E-state index >= 15 is 0 Å². The topological polar surface area (TPSA) is 32.3 Å². The molecule has 3 heteroatoms. The van der Waals surface area contributed by atoms with Crippen LogP contribution in [0.15, 0.2) is 53.0 Å². The zero-order valence-electron chi connectivity index (χ0n) is 11.2. The third kappa shape index (κ3) is 2.66.